The number of hydrogen-bond donors (Lipinski definition) is 2. The summed E-state index contributed by atoms with van der Waals surface area (Å²) in [6.45, 7) is 4.49. The molecule has 0 spiro atoms. The molecule has 2 aromatic rings. The van der Waals surface area contributed by atoms with E-state index in [1.165, 1.54) is 6.08 Å². The predicted molar refractivity (Wildman–Crippen MR) is 99.5 cm³/mol. The van der Waals surface area contributed by atoms with Gasteiger partial charge in [-0.2, -0.15) is 0 Å². The first-order valence-corrected chi connectivity index (χ1v) is 8.60. The average Bonchev–Trinajstić information content (AvgIpc) is 2.61. The third kappa shape index (κ3) is 3.74. The Morgan fingerprint density at radius 3 is 2.64 bits per heavy atom. The Hall–Kier alpha value is -2.60. The van der Waals surface area contributed by atoms with Crippen molar-refractivity contribution in [2.24, 2.45) is 0 Å². The smallest absolute Gasteiger partial charge is 0.254 e. The van der Waals surface area contributed by atoms with E-state index < -0.39 is 0 Å². The molecule has 6 heteroatoms. The van der Waals surface area contributed by atoms with E-state index in [2.05, 4.69) is 27.8 Å². The van der Waals surface area contributed by atoms with Gasteiger partial charge in [-0.15, -0.1) is 0 Å². The van der Waals surface area contributed by atoms with E-state index >= 15 is 0 Å². The van der Waals surface area contributed by atoms with Crippen LogP contribution in [0.4, 0.5) is 5.69 Å². The van der Waals surface area contributed by atoms with E-state index in [0.717, 1.165) is 15.6 Å². The molecule has 3 rings (SSSR count). The third-order valence-corrected chi connectivity index (χ3v) is 4.85. The number of hydrogen-bond acceptors (Lipinski definition) is 3. The minimum absolute atomic E-state index is 0.0628. The maximum absolute atomic E-state index is 12.7. The first-order chi connectivity index (χ1) is 12.0. The summed E-state index contributed by atoms with van der Waals surface area (Å²) in [5.41, 5.74) is 3.25. The molecule has 128 valence electrons. The highest BCUT2D eigenvalue weighted by Crippen LogP contribution is 2.31. The standard InChI is InChI=1S/C19H17BrN2O3/c1-2-18(24)21-14-5-3-12(4-6-14)19(25)22-8-7-13-9-15(23)10-17(20)16(13)11-22/h2-6,9-10,23H,1,7-8,11H2,(H,21,24). The number of anilines is 1. The highest BCUT2D eigenvalue weighted by atomic mass is 79.9. The molecule has 1 aliphatic heterocycles. The summed E-state index contributed by atoms with van der Waals surface area (Å²) < 4.78 is 0.808. The van der Waals surface area contributed by atoms with Gasteiger partial charge in [0.2, 0.25) is 5.91 Å². The van der Waals surface area contributed by atoms with E-state index in [-0.39, 0.29) is 17.6 Å². The Balaban J connectivity index is 1.75. The van der Waals surface area contributed by atoms with Gasteiger partial charge in [-0.1, -0.05) is 22.5 Å². The minimum atomic E-state index is -0.292. The summed E-state index contributed by atoms with van der Waals surface area (Å²) in [6, 6.07) is 10.2. The lowest BCUT2D eigenvalue weighted by atomic mass is 9.98. The fourth-order valence-electron chi connectivity index (χ4n) is 2.85. The maximum atomic E-state index is 12.7. The Bertz CT molecular complexity index is 846. The van der Waals surface area contributed by atoms with Gasteiger partial charge in [-0.05, 0) is 60.0 Å². The van der Waals surface area contributed by atoms with E-state index in [4.69, 9.17) is 0 Å². The van der Waals surface area contributed by atoms with Gasteiger partial charge in [0.15, 0.2) is 0 Å². The van der Waals surface area contributed by atoms with Crippen molar-refractivity contribution in [2.75, 3.05) is 11.9 Å². The fraction of sp³-hybridized carbons (Fsp3) is 0.158. The molecule has 5 nitrogen and oxygen atoms in total. The number of carbonyl (C=O) groups is 2. The van der Waals surface area contributed by atoms with Crippen LogP contribution >= 0.6 is 15.9 Å². The van der Waals surface area contributed by atoms with Crippen LogP contribution in [0, 0.1) is 0 Å². The molecule has 2 N–H and O–H groups in total. The largest absolute Gasteiger partial charge is 0.508 e. The number of aromatic hydroxyl groups is 1. The molecule has 0 aliphatic carbocycles. The van der Waals surface area contributed by atoms with Crippen molar-refractivity contribution in [2.45, 2.75) is 13.0 Å². The van der Waals surface area contributed by atoms with Crippen molar-refractivity contribution < 1.29 is 14.7 Å². The lowest BCUT2D eigenvalue weighted by Crippen LogP contribution is -2.36. The number of amides is 2. The third-order valence-electron chi connectivity index (χ3n) is 4.14. The number of nitrogens with zero attached hydrogens (tertiary/aromatic N) is 1. The van der Waals surface area contributed by atoms with Gasteiger partial charge in [-0.25, -0.2) is 0 Å². The van der Waals surface area contributed by atoms with Crippen LogP contribution in [-0.4, -0.2) is 28.4 Å². The van der Waals surface area contributed by atoms with Gasteiger partial charge in [0.1, 0.15) is 5.75 Å². The zero-order valence-electron chi connectivity index (χ0n) is 13.5. The zero-order valence-corrected chi connectivity index (χ0v) is 15.0. The fourth-order valence-corrected chi connectivity index (χ4v) is 3.46. The molecule has 1 aliphatic rings. The topological polar surface area (TPSA) is 69.6 Å². The Morgan fingerprint density at radius 1 is 1.24 bits per heavy atom. The molecule has 2 aromatic carbocycles. The zero-order chi connectivity index (χ0) is 18.0. The van der Waals surface area contributed by atoms with Crippen molar-refractivity contribution in [1.82, 2.24) is 4.90 Å². The second-order valence-corrected chi connectivity index (χ2v) is 6.67. The molecule has 0 radical (unpaired) electrons. The van der Waals surface area contributed by atoms with E-state index in [0.29, 0.717) is 30.8 Å². The number of nitrogens with one attached hydrogen (secondary N) is 1. The van der Waals surface area contributed by atoms with Crippen molar-refractivity contribution in [3.8, 4) is 5.75 Å². The Kier molecular flexibility index (Phi) is 4.90. The molecular formula is C19H17BrN2O3. The van der Waals surface area contributed by atoms with Gasteiger partial charge in [0.25, 0.3) is 5.91 Å². The minimum Gasteiger partial charge on any atom is -0.508 e. The normalized spacial score (nSPS) is 13.1. The number of phenols is 1. The molecule has 0 bridgehead atoms. The van der Waals surface area contributed by atoms with Crippen LogP contribution in [-0.2, 0) is 17.8 Å². The van der Waals surface area contributed by atoms with Crippen molar-refractivity contribution in [3.63, 3.8) is 0 Å². The van der Waals surface area contributed by atoms with Crippen LogP contribution in [0.3, 0.4) is 0 Å². The van der Waals surface area contributed by atoms with Crippen LogP contribution in [0.15, 0.2) is 53.5 Å². The van der Waals surface area contributed by atoms with Crippen LogP contribution in [0.1, 0.15) is 21.5 Å². The van der Waals surface area contributed by atoms with E-state index in [1.54, 1.807) is 41.3 Å². The van der Waals surface area contributed by atoms with Gasteiger partial charge >= 0.3 is 0 Å². The molecule has 0 atom stereocenters. The summed E-state index contributed by atoms with van der Waals surface area (Å²) >= 11 is 3.46. The molecule has 0 saturated heterocycles. The second-order valence-electron chi connectivity index (χ2n) is 5.81. The molecule has 0 aromatic heterocycles. The predicted octanol–water partition coefficient (Wildman–Crippen LogP) is 3.48. The number of carbonyl (C=O) groups excluding carboxylic acids is 2. The van der Waals surface area contributed by atoms with E-state index in [1.807, 2.05) is 0 Å². The van der Waals surface area contributed by atoms with Crippen molar-refractivity contribution >= 4 is 33.4 Å². The number of halogens is 1. The molecule has 0 unspecified atom stereocenters. The molecule has 0 fully saturated rings. The summed E-state index contributed by atoms with van der Waals surface area (Å²) in [4.78, 5) is 25.8. The first kappa shape index (κ1) is 17.2. The maximum Gasteiger partial charge on any atom is 0.254 e. The van der Waals surface area contributed by atoms with Crippen LogP contribution < -0.4 is 5.32 Å². The first-order valence-electron chi connectivity index (χ1n) is 7.81. The highest BCUT2D eigenvalue weighted by molar-refractivity contribution is 9.10. The van der Waals surface area contributed by atoms with E-state index in [9.17, 15) is 14.7 Å². The van der Waals surface area contributed by atoms with Crippen molar-refractivity contribution in [1.29, 1.82) is 0 Å². The lowest BCUT2D eigenvalue weighted by molar-refractivity contribution is -0.111. The molecule has 25 heavy (non-hydrogen) atoms. The molecule has 0 saturated carbocycles. The molecule has 1 heterocycles. The highest BCUT2D eigenvalue weighted by Gasteiger charge is 2.23. The number of phenolic OH excluding ortho intramolecular Hbond substituents is 1. The second kappa shape index (κ2) is 7.11. The SMILES string of the molecule is C=CC(=O)Nc1ccc(C(=O)N2CCc3cc(O)cc(Br)c3C2)cc1. The number of rotatable bonds is 3. The quantitative estimate of drug-likeness (QED) is 0.774. The Morgan fingerprint density at radius 2 is 1.96 bits per heavy atom. The summed E-state index contributed by atoms with van der Waals surface area (Å²) in [7, 11) is 0. The van der Waals surface area contributed by atoms with Gasteiger partial charge < -0.3 is 15.3 Å². The lowest BCUT2D eigenvalue weighted by Gasteiger charge is -2.30. The van der Waals surface area contributed by atoms with Gasteiger partial charge in [0.05, 0.1) is 0 Å². The van der Waals surface area contributed by atoms with Crippen LogP contribution in [0.2, 0.25) is 0 Å². The number of benzene rings is 2. The van der Waals surface area contributed by atoms with Gasteiger partial charge in [0, 0.05) is 28.8 Å². The Labute approximate surface area is 154 Å². The average molecular weight is 401 g/mol. The van der Waals surface area contributed by atoms with Crippen LogP contribution in [0.5, 0.6) is 5.75 Å². The summed E-state index contributed by atoms with van der Waals surface area (Å²) in [6.07, 6.45) is 1.89. The number of fused-ring (bicyclic) bond motifs is 1. The summed E-state index contributed by atoms with van der Waals surface area (Å²) in [5, 5.41) is 12.3. The van der Waals surface area contributed by atoms with Gasteiger partial charge in [-0.3, -0.25) is 9.59 Å². The molecule has 2 amide bonds. The monoisotopic (exact) mass is 400 g/mol. The van der Waals surface area contributed by atoms with Crippen LogP contribution in [0.25, 0.3) is 0 Å². The van der Waals surface area contributed by atoms with Crippen molar-refractivity contribution in [3.05, 3.63) is 70.2 Å². The summed E-state index contributed by atoms with van der Waals surface area (Å²) in [5.74, 6) is -0.130. The molecular weight excluding hydrogens is 384 g/mol.